The standard InChI is InChI=1S/C30H35F2N7O4S/c1-5-33-30-37-26(19-14-21(41-2)18-22(15-19)42-3)28(43-30)25-6-7-34-29(36-25)35-20-16-23(31)27(24(32)17-20)39-10-8-38(9-11-39)12-13-44(4)40/h6-7,14-18H,5,8-13H2,1-4H3,(H,33,37)(H,34,35,36). The fourth-order valence-electron chi connectivity index (χ4n) is 4.93. The second kappa shape index (κ2) is 14.0. The van der Waals surface area contributed by atoms with Gasteiger partial charge in [0.15, 0.2) is 17.4 Å². The number of rotatable bonds is 12. The number of halogens is 2. The molecular formula is C30H35F2N7O4S. The number of piperazine rings is 1. The number of nitrogens with zero attached hydrogens (tertiary/aromatic N) is 5. The van der Waals surface area contributed by atoms with Gasteiger partial charge in [0.2, 0.25) is 5.95 Å². The van der Waals surface area contributed by atoms with E-state index in [0.717, 1.165) is 0 Å². The van der Waals surface area contributed by atoms with Gasteiger partial charge in [0, 0.05) is 85.6 Å². The highest BCUT2D eigenvalue weighted by Gasteiger charge is 2.24. The molecule has 0 radical (unpaired) electrons. The average Bonchev–Trinajstić information content (AvgIpc) is 3.44. The van der Waals surface area contributed by atoms with Crippen LogP contribution in [-0.2, 0) is 10.8 Å². The lowest BCUT2D eigenvalue weighted by atomic mass is 10.1. The van der Waals surface area contributed by atoms with Gasteiger partial charge in [-0.3, -0.25) is 9.11 Å². The molecule has 1 fully saturated rings. The predicted octanol–water partition coefficient (Wildman–Crippen LogP) is 4.77. The smallest absolute Gasteiger partial charge is 0.295 e. The van der Waals surface area contributed by atoms with Crippen LogP contribution in [0.4, 0.5) is 32.1 Å². The van der Waals surface area contributed by atoms with Gasteiger partial charge in [-0.15, -0.1) is 0 Å². The highest BCUT2D eigenvalue weighted by molar-refractivity contribution is 7.84. The van der Waals surface area contributed by atoms with E-state index in [0.29, 0.717) is 85.2 Å². The van der Waals surface area contributed by atoms with Crippen LogP contribution in [0.5, 0.6) is 11.5 Å². The number of benzene rings is 2. The van der Waals surface area contributed by atoms with E-state index in [-0.39, 0.29) is 17.3 Å². The number of oxazole rings is 1. The van der Waals surface area contributed by atoms with E-state index in [2.05, 4.69) is 30.5 Å². The van der Waals surface area contributed by atoms with Gasteiger partial charge in [0.1, 0.15) is 28.6 Å². The van der Waals surface area contributed by atoms with Crippen LogP contribution in [0.3, 0.4) is 0 Å². The highest BCUT2D eigenvalue weighted by atomic mass is 32.2. The van der Waals surface area contributed by atoms with Gasteiger partial charge >= 0.3 is 0 Å². The van der Waals surface area contributed by atoms with Gasteiger partial charge in [0.25, 0.3) is 6.01 Å². The Morgan fingerprint density at radius 1 is 1.00 bits per heavy atom. The van der Waals surface area contributed by atoms with Crippen LogP contribution in [0, 0.1) is 11.6 Å². The second-order valence-electron chi connectivity index (χ2n) is 10.1. The first-order valence-corrected chi connectivity index (χ1v) is 15.9. The average molecular weight is 628 g/mol. The molecule has 0 amide bonds. The molecule has 0 saturated carbocycles. The van der Waals surface area contributed by atoms with Gasteiger partial charge in [-0.25, -0.2) is 18.7 Å². The van der Waals surface area contributed by atoms with E-state index >= 15 is 8.78 Å². The van der Waals surface area contributed by atoms with E-state index in [9.17, 15) is 4.21 Å². The predicted molar refractivity (Wildman–Crippen MR) is 167 cm³/mol. The van der Waals surface area contributed by atoms with Gasteiger partial charge in [-0.1, -0.05) is 0 Å². The van der Waals surface area contributed by atoms with Crippen molar-refractivity contribution in [1.29, 1.82) is 0 Å². The second-order valence-corrected chi connectivity index (χ2v) is 11.7. The SMILES string of the molecule is CCNc1nc(-c2cc(OC)cc(OC)c2)c(-c2ccnc(Nc3cc(F)c(N4CCN(CCS(C)=O)CC4)c(F)c3)n2)o1. The first kappa shape index (κ1) is 31.1. The van der Waals surface area contributed by atoms with Crippen molar-refractivity contribution in [2.24, 2.45) is 0 Å². The van der Waals surface area contributed by atoms with Gasteiger partial charge in [-0.05, 0) is 37.3 Å². The highest BCUT2D eigenvalue weighted by Crippen LogP contribution is 2.37. The zero-order valence-corrected chi connectivity index (χ0v) is 25.8. The number of aromatic nitrogens is 3. The summed E-state index contributed by atoms with van der Waals surface area (Å²) >= 11 is 0. The number of hydrogen-bond acceptors (Lipinski definition) is 11. The molecule has 234 valence electrons. The summed E-state index contributed by atoms with van der Waals surface area (Å²) in [6, 6.07) is 9.78. The molecule has 1 atom stereocenters. The molecule has 4 aromatic rings. The first-order chi connectivity index (χ1) is 21.3. The molecule has 11 nitrogen and oxygen atoms in total. The zero-order valence-electron chi connectivity index (χ0n) is 25.0. The molecule has 2 aromatic heterocycles. The van der Waals surface area contributed by atoms with Gasteiger partial charge in [-0.2, -0.15) is 4.98 Å². The lowest BCUT2D eigenvalue weighted by Gasteiger charge is -2.36. The summed E-state index contributed by atoms with van der Waals surface area (Å²) < 4.78 is 58.8. The van der Waals surface area contributed by atoms with Crippen molar-refractivity contribution < 1.29 is 26.9 Å². The van der Waals surface area contributed by atoms with Crippen LogP contribution < -0.4 is 25.0 Å². The Hall–Kier alpha value is -4.30. The lowest BCUT2D eigenvalue weighted by Crippen LogP contribution is -2.48. The Bertz CT molecular complexity index is 1580. The van der Waals surface area contributed by atoms with Crippen molar-refractivity contribution in [1.82, 2.24) is 19.9 Å². The Morgan fingerprint density at radius 3 is 2.30 bits per heavy atom. The maximum Gasteiger partial charge on any atom is 0.295 e. The van der Waals surface area contributed by atoms with E-state index in [1.54, 1.807) is 49.6 Å². The third-order valence-corrected chi connectivity index (χ3v) is 7.88. The third-order valence-electron chi connectivity index (χ3n) is 7.12. The fourth-order valence-corrected chi connectivity index (χ4v) is 5.44. The molecular weight excluding hydrogens is 592 g/mol. The molecule has 0 bridgehead atoms. The number of nitrogens with one attached hydrogen (secondary N) is 2. The van der Waals surface area contributed by atoms with Gasteiger partial charge < -0.3 is 29.4 Å². The fraction of sp³-hybridized carbons (Fsp3) is 0.367. The molecule has 0 aliphatic carbocycles. The molecule has 1 saturated heterocycles. The van der Waals surface area contributed by atoms with Crippen molar-refractivity contribution in [2.45, 2.75) is 6.92 Å². The monoisotopic (exact) mass is 627 g/mol. The summed E-state index contributed by atoms with van der Waals surface area (Å²) in [5, 5.41) is 5.99. The largest absolute Gasteiger partial charge is 0.497 e. The molecule has 0 spiro atoms. The summed E-state index contributed by atoms with van der Waals surface area (Å²) in [5.74, 6) is 0.832. The van der Waals surface area contributed by atoms with E-state index in [1.165, 1.54) is 18.3 Å². The molecule has 14 heteroatoms. The quantitative estimate of drug-likeness (QED) is 0.226. The Morgan fingerprint density at radius 2 is 1.68 bits per heavy atom. The van der Waals surface area contributed by atoms with Crippen molar-refractivity contribution in [3.63, 3.8) is 0 Å². The minimum Gasteiger partial charge on any atom is -0.497 e. The molecule has 2 N–H and O–H groups in total. The minimum atomic E-state index is -0.877. The Labute approximate surface area is 257 Å². The molecule has 5 rings (SSSR count). The van der Waals surface area contributed by atoms with Crippen molar-refractivity contribution in [3.05, 3.63) is 54.2 Å². The van der Waals surface area contributed by atoms with Crippen LogP contribution in [0.2, 0.25) is 0 Å². The molecule has 2 aromatic carbocycles. The summed E-state index contributed by atoms with van der Waals surface area (Å²) in [6.45, 7) is 5.42. The summed E-state index contributed by atoms with van der Waals surface area (Å²) in [4.78, 5) is 17.3. The van der Waals surface area contributed by atoms with Gasteiger partial charge in [0.05, 0.1) is 14.2 Å². The van der Waals surface area contributed by atoms with Crippen molar-refractivity contribution in [2.75, 3.05) is 81.0 Å². The normalized spacial score (nSPS) is 14.4. The maximum atomic E-state index is 15.3. The van der Waals surface area contributed by atoms with Crippen LogP contribution >= 0.6 is 0 Å². The van der Waals surface area contributed by atoms with Crippen LogP contribution in [0.1, 0.15) is 6.92 Å². The third kappa shape index (κ3) is 7.25. The van der Waals surface area contributed by atoms with Crippen LogP contribution in [0.25, 0.3) is 22.7 Å². The minimum absolute atomic E-state index is 0.0695. The molecule has 1 unspecified atom stereocenters. The Kier molecular flexibility index (Phi) is 9.90. The number of methoxy groups -OCH3 is 2. The molecule has 44 heavy (non-hydrogen) atoms. The summed E-state index contributed by atoms with van der Waals surface area (Å²) in [6.07, 6.45) is 3.19. The Balaban J connectivity index is 1.38. The molecule has 1 aliphatic rings. The maximum absolute atomic E-state index is 15.3. The first-order valence-electron chi connectivity index (χ1n) is 14.1. The van der Waals surface area contributed by atoms with Crippen LogP contribution in [-0.4, -0.2) is 89.6 Å². The zero-order chi connectivity index (χ0) is 31.2. The lowest BCUT2D eigenvalue weighted by molar-refractivity contribution is 0.271. The van der Waals surface area contributed by atoms with Crippen molar-refractivity contribution in [3.8, 4) is 34.2 Å². The van der Waals surface area contributed by atoms with E-state index < -0.39 is 22.4 Å². The van der Waals surface area contributed by atoms with E-state index in [1.807, 2.05) is 6.92 Å². The van der Waals surface area contributed by atoms with Crippen molar-refractivity contribution >= 4 is 34.1 Å². The number of ether oxygens (including phenoxy) is 2. The van der Waals surface area contributed by atoms with Crippen LogP contribution in [0.15, 0.2) is 47.0 Å². The summed E-state index contributed by atoms with van der Waals surface area (Å²) in [7, 11) is 2.25. The summed E-state index contributed by atoms with van der Waals surface area (Å²) in [5.41, 5.74) is 1.66. The van der Waals surface area contributed by atoms with E-state index in [4.69, 9.17) is 13.9 Å². The molecule has 1 aliphatic heterocycles. The molecule has 3 heterocycles. The topological polar surface area (TPSA) is 118 Å². The number of anilines is 4. The number of hydrogen-bond donors (Lipinski definition) is 2.